The van der Waals surface area contributed by atoms with Crippen LogP contribution in [-0.2, 0) is 12.8 Å². The molecule has 1 heterocycles. The Kier molecular flexibility index (Phi) is 4.02. The average Bonchev–Trinajstić information content (AvgIpc) is 2.89. The van der Waals surface area contributed by atoms with Crippen LogP contribution in [0.2, 0.25) is 0 Å². The molecule has 1 aromatic heterocycles. The van der Waals surface area contributed by atoms with Crippen LogP contribution in [0.5, 0.6) is 0 Å². The van der Waals surface area contributed by atoms with Crippen LogP contribution in [0, 0.1) is 10.1 Å². The van der Waals surface area contributed by atoms with Crippen LogP contribution in [0.1, 0.15) is 25.2 Å². The third-order valence-corrected chi connectivity index (χ3v) is 3.25. The van der Waals surface area contributed by atoms with Gasteiger partial charge in [-0.3, -0.25) is 10.1 Å². The molecule has 0 saturated heterocycles. The second-order valence-corrected chi connectivity index (χ2v) is 4.43. The summed E-state index contributed by atoms with van der Waals surface area (Å²) in [4.78, 5) is 11.0. The van der Waals surface area contributed by atoms with Gasteiger partial charge < -0.3 is 5.32 Å². The van der Waals surface area contributed by atoms with Crippen molar-refractivity contribution in [2.75, 3.05) is 12.4 Å². The highest BCUT2D eigenvalue weighted by molar-refractivity contribution is 5.71. The highest BCUT2D eigenvalue weighted by Gasteiger charge is 2.22. The Hall–Kier alpha value is -2.37. The molecule has 0 aliphatic heterocycles. The largest absolute Gasteiger partial charge is 0.382 e. The lowest BCUT2D eigenvalue weighted by Gasteiger charge is -2.09. The number of rotatable bonds is 5. The minimum absolute atomic E-state index is 0.0513. The van der Waals surface area contributed by atoms with Gasteiger partial charge in [0.15, 0.2) is 0 Å². The minimum Gasteiger partial charge on any atom is -0.382 e. The number of nitro groups is 1. The second kappa shape index (κ2) is 5.73. The first-order chi connectivity index (χ1) is 9.62. The molecule has 0 aliphatic rings. The molecule has 0 amide bonds. The number of benzene rings is 1. The maximum Gasteiger partial charge on any atom is 0.317 e. The van der Waals surface area contributed by atoms with Crippen LogP contribution in [0.25, 0.3) is 5.69 Å². The number of nitrogens with zero attached hydrogens (tertiary/aromatic N) is 3. The van der Waals surface area contributed by atoms with Gasteiger partial charge in [0.2, 0.25) is 0 Å². The maximum absolute atomic E-state index is 11.4. The summed E-state index contributed by atoms with van der Waals surface area (Å²) in [6.07, 6.45) is 1.58. The normalized spacial score (nSPS) is 10.6. The zero-order chi connectivity index (χ0) is 14.7. The Balaban J connectivity index is 2.69. The van der Waals surface area contributed by atoms with Crippen LogP contribution in [0.15, 0.2) is 24.3 Å². The number of para-hydroxylation sites is 1. The summed E-state index contributed by atoms with van der Waals surface area (Å²) >= 11 is 0. The van der Waals surface area contributed by atoms with Crippen LogP contribution in [0.3, 0.4) is 0 Å². The number of nitrogens with one attached hydrogen (secondary N) is 1. The number of anilines is 1. The van der Waals surface area contributed by atoms with Gasteiger partial charge in [0.05, 0.1) is 10.6 Å². The molecule has 0 aliphatic carbocycles. The highest BCUT2D eigenvalue weighted by Crippen LogP contribution is 2.31. The molecule has 1 N–H and O–H groups in total. The summed E-state index contributed by atoms with van der Waals surface area (Å²) in [5.41, 5.74) is 2.95. The summed E-state index contributed by atoms with van der Waals surface area (Å²) in [6, 6.07) is 7.21. The molecule has 6 nitrogen and oxygen atoms in total. The number of hydrogen-bond donors (Lipinski definition) is 1. The van der Waals surface area contributed by atoms with Crippen molar-refractivity contribution in [1.82, 2.24) is 9.78 Å². The smallest absolute Gasteiger partial charge is 0.317 e. The van der Waals surface area contributed by atoms with E-state index < -0.39 is 0 Å². The molecule has 0 atom stereocenters. The van der Waals surface area contributed by atoms with E-state index in [0.717, 1.165) is 24.2 Å². The van der Waals surface area contributed by atoms with Crippen LogP contribution < -0.4 is 5.32 Å². The minimum atomic E-state index is -0.367. The van der Waals surface area contributed by atoms with Crippen LogP contribution >= 0.6 is 0 Å². The van der Waals surface area contributed by atoms with Gasteiger partial charge in [-0.2, -0.15) is 5.10 Å². The van der Waals surface area contributed by atoms with Crippen molar-refractivity contribution in [3.63, 3.8) is 0 Å². The molecule has 106 valence electrons. The first-order valence-corrected chi connectivity index (χ1v) is 6.65. The summed E-state index contributed by atoms with van der Waals surface area (Å²) in [5, 5.41) is 18.7. The van der Waals surface area contributed by atoms with Gasteiger partial charge in [0, 0.05) is 12.7 Å². The zero-order valence-electron chi connectivity index (χ0n) is 11.9. The number of nitro benzene ring substituents is 1. The van der Waals surface area contributed by atoms with Gasteiger partial charge >= 0.3 is 5.69 Å². The van der Waals surface area contributed by atoms with Crippen molar-refractivity contribution < 1.29 is 4.92 Å². The molecule has 0 unspecified atom stereocenters. The van der Waals surface area contributed by atoms with E-state index in [4.69, 9.17) is 0 Å². The van der Waals surface area contributed by atoms with Crippen molar-refractivity contribution in [3.8, 4) is 5.69 Å². The molecule has 2 aromatic rings. The predicted molar refractivity (Wildman–Crippen MR) is 78.5 cm³/mol. The van der Waals surface area contributed by atoms with E-state index in [1.165, 1.54) is 0 Å². The lowest BCUT2D eigenvalue weighted by molar-refractivity contribution is -0.383. The van der Waals surface area contributed by atoms with E-state index in [1.54, 1.807) is 29.9 Å². The molecule has 20 heavy (non-hydrogen) atoms. The highest BCUT2D eigenvalue weighted by atomic mass is 16.6. The summed E-state index contributed by atoms with van der Waals surface area (Å²) in [6.45, 7) is 4.03. The summed E-state index contributed by atoms with van der Waals surface area (Å²) in [7, 11) is 1.67. The maximum atomic E-state index is 11.4. The molecular weight excluding hydrogens is 256 g/mol. The van der Waals surface area contributed by atoms with Crippen LogP contribution in [-0.4, -0.2) is 21.8 Å². The molecule has 1 aromatic carbocycles. The molecular formula is C14H18N4O2. The first kappa shape index (κ1) is 14.0. The number of aromatic nitrogens is 2. The predicted octanol–water partition coefficient (Wildman–Crippen LogP) is 2.95. The SMILES string of the molecule is CCc1cc(CC)n(-c2cccc(NC)c2[N+](=O)[O-])n1. The Morgan fingerprint density at radius 1 is 1.35 bits per heavy atom. The summed E-state index contributed by atoms with van der Waals surface area (Å²) in [5.74, 6) is 0. The van der Waals surface area contributed by atoms with E-state index in [9.17, 15) is 10.1 Å². The molecule has 0 bridgehead atoms. The van der Waals surface area contributed by atoms with Crippen molar-refractivity contribution in [2.45, 2.75) is 26.7 Å². The van der Waals surface area contributed by atoms with E-state index in [2.05, 4.69) is 10.4 Å². The fraction of sp³-hybridized carbons (Fsp3) is 0.357. The molecule has 0 radical (unpaired) electrons. The number of hydrogen-bond acceptors (Lipinski definition) is 4. The Labute approximate surface area is 117 Å². The van der Waals surface area contributed by atoms with E-state index in [-0.39, 0.29) is 10.6 Å². The first-order valence-electron chi connectivity index (χ1n) is 6.65. The molecule has 6 heteroatoms. The van der Waals surface area contributed by atoms with E-state index in [1.807, 2.05) is 19.9 Å². The van der Waals surface area contributed by atoms with Gasteiger partial charge in [-0.25, -0.2) is 4.68 Å². The fourth-order valence-electron chi connectivity index (χ4n) is 2.20. The Morgan fingerprint density at radius 2 is 2.10 bits per heavy atom. The third kappa shape index (κ3) is 2.36. The van der Waals surface area contributed by atoms with Crippen molar-refractivity contribution >= 4 is 11.4 Å². The van der Waals surface area contributed by atoms with E-state index in [0.29, 0.717) is 11.4 Å². The zero-order valence-corrected chi connectivity index (χ0v) is 11.9. The third-order valence-electron chi connectivity index (χ3n) is 3.25. The number of aryl methyl sites for hydroxylation is 2. The fourth-order valence-corrected chi connectivity index (χ4v) is 2.20. The van der Waals surface area contributed by atoms with Crippen molar-refractivity contribution in [2.24, 2.45) is 0 Å². The van der Waals surface area contributed by atoms with Gasteiger partial charge in [0.1, 0.15) is 11.4 Å². The monoisotopic (exact) mass is 274 g/mol. The lowest BCUT2D eigenvalue weighted by Crippen LogP contribution is -2.07. The molecule has 0 saturated carbocycles. The topological polar surface area (TPSA) is 73.0 Å². The van der Waals surface area contributed by atoms with Gasteiger partial charge in [0.25, 0.3) is 0 Å². The standard InChI is InChI=1S/C14H18N4O2/c1-4-10-9-11(5-2)17(16-10)13-8-6-7-12(15-3)14(13)18(19)20/h6-9,15H,4-5H2,1-3H3. The molecule has 0 spiro atoms. The second-order valence-electron chi connectivity index (χ2n) is 4.43. The van der Waals surface area contributed by atoms with Crippen LogP contribution in [0.4, 0.5) is 11.4 Å². The molecule has 0 fully saturated rings. The van der Waals surface area contributed by atoms with Crippen molar-refractivity contribution in [3.05, 3.63) is 45.8 Å². The van der Waals surface area contributed by atoms with E-state index >= 15 is 0 Å². The van der Waals surface area contributed by atoms with Gasteiger partial charge in [-0.15, -0.1) is 0 Å². The lowest BCUT2D eigenvalue weighted by atomic mass is 10.2. The average molecular weight is 274 g/mol. The Morgan fingerprint density at radius 3 is 2.65 bits per heavy atom. The Bertz CT molecular complexity index is 634. The quantitative estimate of drug-likeness (QED) is 0.672. The molecule has 2 rings (SSSR count). The van der Waals surface area contributed by atoms with Gasteiger partial charge in [-0.1, -0.05) is 19.9 Å². The van der Waals surface area contributed by atoms with Crippen molar-refractivity contribution in [1.29, 1.82) is 0 Å². The summed E-state index contributed by atoms with van der Waals surface area (Å²) < 4.78 is 1.68. The van der Waals surface area contributed by atoms with Gasteiger partial charge in [-0.05, 0) is 31.0 Å².